The molecule has 2 rings (SSSR count). The molecule has 1 N–H and O–H groups in total. The fourth-order valence-electron chi connectivity index (χ4n) is 2.15. The molecule has 0 saturated heterocycles. The zero-order valence-electron chi connectivity index (χ0n) is 12.1. The van der Waals surface area contributed by atoms with Gasteiger partial charge in [0.15, 0.2) is 0 Å². The van der Waals surface area contributed by atoms with E-state index < -0.39 is 0 Å². The molecule has 0 aliphatic rings. The molecular formula is C17H20ClNO. The Hall–Kier alpha value is -1.67. The molecule has 2 aromatic carbocycles. The van der Waals surface area contributed by atoms with E-state index in [0.29, 0.717) is 6.61 Å². The van der Waals surface area contributed by atoms with Gasteiger partial charge in [0.05, 0.1) is 6.61 Å². The molecule has 0 amide bonds. The average Bonchev–Trinajstić information content (AvgIpc) is 2.42. The first-order chi connectivity index (χ1) is 9.60. The van der Waals surface area contributed by atoms with Gasteiger partial charge in [-0.1, -0.05) is 23.7 Å². The minimum absolute atomic E-state index is 0.199. The zero-order chi connectivity index (χ0) is 14.5. The summed E-state index contributed by atoms with van der Waals surface area (Å²) in [5.41, 5.74) is 3.46. The van der Waals surface area contributed by atoms with Crippen molar-refractivity contribution in [2.45, 2.75) is 26.8 Å². The van der Waals surface area contributed by atoms with Crippen molar-refractivity contribution in [3.05, 3.63) is 58.6 Å². The fraction of sp³-hybridized carbons (Fsp3) is 0.294. The van der Waals surface area contributed by atoms with Crippen LogP contribution in [0.2, 0.25) is 5.02 Å². The Balaban J connectivity index is 2.13. The van der Waals surface area contributed by atoms with Gasteiger partial charge in [0, 0.05) is 16.8 Å². The Bertz CT molecular complexity index is 583. The number of halogens is 1. The third-order valence-electron chi connectivity index (χ3n) is 3.23. The summed E-state index contributed by atoms with van der Waals surface area (Å²) in [6, 6.07) is 14.2. The summed E-state index contributed by atoms with van der Waals surface area (Å²) >= 11 is 6.03. The third kappa shape index (κ3) is 3.67. The highest BCUT2D eigenvalue weighted by molar-refractivity contribution is 6.30. The number of aryl methyl sites for hydroxylation is 1. The highest BCUT2D eigenvalue weighted by Crippen LogP contribution is 2.26. The Kier molecular flexibility index (Phi) is 4.91. The van der Waals surface area contributed by atoms with Gasteiger partial charge in [-0.25, -0.2) is 0 Å². The molecule has 0 bridgehead atoms. The maximum absolute atomic E-state index is 6.03. The van der Waals surface area contributed by atoms with Crippen LogP contribution in [0.1, 0.15) is 31.0 Å². The van der Waals surface area contributed by atoms with Gasteiger partial charge < -0.3 is 10.1 Å². The van der Waals surface area contributed by atoms with Crippen LogP contribution < -0.4 is 10.1 Å². The van der Waals surface area contributed by atoms with Crippen LogP contribution >= 0.6 is 11.6 Å². The quantitative estimate of drug-likeness (QED) is 0.815. The second-order valence-electron chi connectivity index (χ2n) is 4.83. The molecule has 1 atom stereocenters. The monoisotopic (exact) mass is 289 g/mol. The van der Waals surface area contributed by atoms with E-state index in [-0.39, 0.29) is 6.04 Å². The van der Waals surface area contributed by atoms with Crippen LogP contribution in [0.5, 0.6) is 5.75 Å². The first kappa shape index (κ1) is 14.7. The predicted octanol–water partition coefficient (Wildman–Crippen LogP) is 5.22. The molecule has 20 heavy (non-hydrogen) atoms. The van der Waals surface area contributed by atoms with Crippen molar-refractivity contribution >= 4 is 17.3 Å². The molecule has 2 nitrogen and oxygen atoms in total. The predicted molar refractivity (Wildman–Crippen MR) is 85.8 cm³/mol. The minimum Gasteiger partial charge on any atom is -0.494 e. The van der Waals surface area contributed by atoms with E-state index in [1.807, 2.05) is 31.2 Å². The van der Waals surface area contributed by atoms with E-state index in [0.717, 1.165) is 16.5 Å². The second kappa shape index (κ2) is 6.67. The average molecular weight is 290 g/mol. The Labute approximate surface area is 125 Å². The van der Waals surface area contributed by atoms with Crippen LogP contribution in [0.15, 0.2) is 42.5 Å². The van der Waals surface area contributed by atoms with E-state index >= 15 is 0 Å². The second-order valence-corrected chi connectivity index (χ2v) is 5.27. The van der Waals surface area contributed by atoms with E-state index in [1.165, 1.54) is 11.1 Å². The Morgan fingerprint density at radius 2 is 2.00 bits per heavy atom. The van der Waals surface area contributed by atoms with Crippen molar-refractivity contribution in [3.8, 4) is 5.75 Å². The van der Waals surface area contributed by atoms with Crippen molar-refractivity contribution in [2.75, 3.05) is 11.9 Å². The van der Waals surface area contributed by atoms with Crippen LogP contribution in [0.4, 0.5) is 5.69 Å². The SMILES string of the molecule is CCOc1ccc(NC(C)c2cccc(Cl)c2)c(C)c1. The molecule has 3 heteroatoms. The highest BCUT2D eigenvalue weighted by Gasteiger charge is 2.08. The maximum Gasteiger partial charge on any atom is 0.119 e. The van der Waals surface area contributed by atoms with Gasteiger partial charge in [-0.05, 0) is 62.2 Å². The van der Waals surface area contributed by atoms with Gasteiger partial charge >= 0.3 is 0 Å². The first-order valence-corrected chi connectivity index (χ1v) is 7.23. The normalized spacial score (nSPS) is 12.0. The largest absolute Gasteiger partial charge is 0.494 e. The number of benzene rings is 2. The van der Waals surface area contributed by atoms with Gasteiger partial charge in [0.1, 0.15) is 5.75 Å². The van der Waals surface area contributed by atoms with Crippen LogP contribution in [0.3, 0.4) is 0 Å². The third-order valence-corrected chi connectivity index (χ3v) is 3.46. The lowest BCUT2D eigenvalue weighted by Crippen LogP contribution is -2.07. The maximum atomic E-state index is 6.03. The molecule has 106 valence electrons. The molecule has 0 aliphatic heterocycles. The summed E-state index contributed by atoms with van der Waals surface area (Å²) in [5.74, 6) is 0.908. The van der Waals surface area contributed by atoms with Gasteiger partial charge in [-0.3, -0.25) is 0 Å². The molecule has 0 aromatic heterocycles. The van der Waals surface area contributed by atoms with Gasteiger partial charge in [-0.2, -0.15) is 0 Å². The molecule has 0 aliphatic carbocycles. The molecule has 0 heterocycles. The minimum atomic E-state index is 0.199. The lowest BCUT2D eigenvalue weighted by Gasteiger charge is -2.18. The summed E-state index contributed by atoms with van der Waals surface area (Å²) in [4.78, 5) is 0. The van der Waals surface area contributed by atoms with Crippen LogP contribution in [0.25, 0.3) is 0 Å². The summed E-state index contributed by atoms with van der Waals surface area (Å²) < 4.78 is 5.50. The standard InChI is InChI=1S/C17H20ClNO/c1-4-20-16-8-9-17(12(2)10-16)19-13(3)14-6-5-7-15(18)11-14/h5-11,13,19H,4H2,1-3H3. The van der Waals surface area contributed by atoms with Crippen molar-refractivity contribution < 1.29 is 4.74 Å². The van der Waals surface area contributed by atoms with E-state index in [1.54, 1.807) is 0 Å². The van der Waals surface area contributed by atoms with Crippen molar-refractivity contribution in [1.82, 2.24) is 0 Å². The van der Waals surface area contributed by atoms with Crippen molar-refractivity contribution in [2.24, 2.45) is 0 Å². The molecule has 0 fully saturated rings. The Morgan fingerprint density at radius 1 is 1.20 bits per heavy atom. The summed E-state index contributed by atoms with van der Waals surface area (Å²) in [5, 5.41) is 4.27. The number of hydrogen-bond donors (Lipinski definition) is 1. The fourth-order valence-corrected chi connectivity index (χ4v) is 2.35. The lowest BCUT2D eigenvalue weighted by atomic mass is 10.1. The topological polar surface area (TPSA) is 21.3 Å². The summed E-state index contributed by atoms with van der Waals surface area (Å²) in [7, 11) is 0. The van der Waals surface area contributed by atoms with Crippen molar-refractivity contribution in [3.63, 3.8) is 0 Å². The number of hydrogen-bond acceptors (Lipinski definition) is 2. The van der Waals surface area contributed by atoms with Crippen molar-refractivity contribution in [1.29, 1.82) is 0 Å². The molecule has 1 unspecified atom stereocenters. The number of nitrogens with one attached hydrogen (secondary N) is 1. The first-order valence-electron chi connectivity index (χ1n) is 6.85. The number of rotatable bonds is 5. The molecule has 0 radical (unpaired) electrons. The van der Waals surface area contributed by atoms with Crippen LogP contribution in [-0.2, 0) is 0 Å². The van der Waals surface area contributed by atoms with E-state index in [9.17, 15) is 0 Å². The van der Waals surface area contributed by atoms with Gasteiger partial charge in [-0.15, -0.1) is 0 Å². The highest BCUT2D eigenvalue weighted by atomic mass is 35.5. The molecule has 0 spiro atoms. The smallest absolute Gasteiger partial charge is 0.119 e. The molecular weight excluding hydrogens is 270 g/mol. The van der Waals surface area contributed by atoms with Gasteiger partial charge in [0.2, 0.25) is 0 Å². The number of anilines is 1. The van der Waals surface area contributed by atoms with E-state index in [2.05, 4.69) is 37.4 Å². The zero-order valence-corrected chi connectivity index (χ0v) is 12.9. The van der Waals surface area contributed by atoms with Crippen LogP contribution in [-0.4, -0.2) is 6.61 Å². The van der Waals surface area contributed by atoms with E-state index in [4.69, 9.17) is 16.3 Å². The summed E-state index contributed by atoms with van der Waals surface area (Å²) in [6.45, 7) is 6.88. The molecule has 2 aromatic rings. The lowest BCUT2D eigenvalue weighted by molar-refractivity contribution is 0.340. The Morgan fingerprint density at radius 3 is 2.65 bits per heavy atom. The van der Waals surface area contributed by atoms with Gasteiger partial charge in [0.25, 0.3) is 0 Å². The molecule has 0 saturated carbocycles. The van der Waals surface area contributed by atoms with Crippen LogP contribution in [0, 0.1) is 6.92 Å². The number of ether oxygens (including phenoxy) is 1. The summed E-state index contributed by atoms with van der Waals surface area (Å²) in [6.07, 6.45) is 0.